The second kappa shape index (κ2) is 6.63. The van der Waals surface area contributed by atoms with E-state index in [1.807, 2.05) is 24.3 Å². The highest BCUT2D eigenvalue weighted by Crippen LogP contribution is 2.38. The third-order valence-corrected chi connectivity index (χ3v) is 4.41. The smallest absolute Gasteiger partial charge is 0.163 e. The number of halogens is 3. The van der Waals surface area contributed by atoms with Crippen LogP contribution in [0.1, 0.15) is 16.5 Å². The number of alkyl halides is 1. The topological polar surface area (TPSA) is 18.5 Å². The lowest BCUT2D eigenvalue weighted by Crippen LogP contribution is -2.01. The van der Waals surface area contributed by atoms with E-state index < -0.39 is 11.2 Å². The minimum Gasteiger partial charge on any atom is -0.493 e. The molecule has 2 aromatic rings. The highest BCUT2D eigenvalue weighted by atomic mass is 127. The summed E-state index contributed by atoms with van der Waals surface area (Å²) in [7, 11) is 2.98. The summed E-state index contributed by atoms with van der Waals surface area (Å²) in [5, 5.41) is -0.581. The van der Waals surface area contributed by atoms with Crippen molar-refractivity contribution in [1.29, 1.82) is 0 Å². The summed E-state index contributed by atoms with van der Waals surface area (Å²) >= 11 is 8.61. The Morgan fingerprint density at radius 1 is 1.05 bits per heavy atom. The minimum atomic E-state index is -0.581. The number of hydrogen-bond acceptors (Lipinski definition) is 2. The number of ether oxygens (including phenoxy) is 2. The molecule has 0 aliphatic rings. The van der Waals surface area contributed by atoms with Crippen LogP contribution in [0, 0.1) is 9.39 Å². The molecule has 0 aliphatic heterocycles. The summed E-state index contributed by atoms with van der Waals surface area (Å²) in [6.07, 6.45) is 0. The molecule has 0 aliphatic carbocycles. The molecule has 5 heteroatoms. The first-order valence-corrected chi connectivity index (χ1v) is 7.40. The first-order chi connectivity index (χ1) is 9.58. The summed E-state index contributed by atoms with van der Waals surface area (Å²) < 4.78 is 25.5. The second-order valence-corrected chi connectivity index (χ2v) is 5.71. The van der Waals surface area contributed by atoms with E-state index in [0.717, 1.165) is 9.13 Å². The van der Waals surface area contributed by atoms with Gasteiger partial charge >= 0.3 is 0 Å². The zero-order valence-corrected chi connectivity index (χ0v) is 13.9. The Morgan fingerprint density at radius 2 is 1.65 bits per heavy atom. The van der Waals surface area contributed by atoms with Crippen molar-refractivity contribution in [3.05, 3.63) is 56.9 Å². The van der Waals surface area contributed by atoms with E-state index in [2.05, 4.69) is 22.6 Å². The van der Waals surface area contributed by atoms with Crippen molar-refractivity contribution in [3.63, 3.8) is 0 Å². The van der Waals surface area contributed by atoms with Crippen molar-refractivity contribution in [3.8, 4) is 11.5 Å². The molecular weight excluding hydrogens is 394 g/mol. The van der Waals surface area contributed by atoms with Gasteiger partial charge < -0.3 is 9.47 Å². The summed E-state index contributed by atoms with van der Waals surface area (Å²) in [5.41, 5.74) is 1.23. The van der Waals surface area contributed by atoms with E-state index in [1.165, 1.54) is 20.3 Å². The maximum Gasteiger partial charge on any atom is 0.163 e. The Labute approximate surface area is 136 Å². The number of methoxy groups -OCH3 is 2. The summed E-state index contributed by atoms with van der Waals surface area (Å²) in [5.74, 6) is 0.392. The van der Waals surface area contributed by atoms with Gasteiger partial charge in [-0.05, 0) is 40.3 Å². The maximum absolute atomic E-state index is 14.2. The van der Waals surface area contributed by atoms with E-state index >= 15 is 0 Å². The largest absolute Gasteiger partial charge is 0.493 e. The normalized spacial score (nSPS) is 12.1. The van der Waals surface area contributed by atoms with Gasteiger partial charge in [-0.2, -0.15) is 0 Å². The van der Waals surface area contributed by atoms with Crippen LogP contribution in [0.2, 0.25) is 0 Å². The van der Waals surface area contributed by atoms with Crippen LogP contribution in [0.5, 0.6) is 11.5 Å². The fourth-order valence-corrected chi connectivity index (χ4v) is 3.15. The molecule has 106 valence electrons. The minimum absolute atomic E-state index is 0.348. The first kappa shape index (κ1) is 15.4. The molecule has 1 unspecified atom stereocenters. The van der Waals surface area contributed by atoms with Gasteiger partial charge in [-0.25, -0.2) is 4.39 Å². The third kappa shape index (κ3) is 3.01. The Balaban J connectivity index is 2.50. The summed E-state index contributed by atoms with van der Waals surface area (Å²) in [6, 6.07) is 10.5. The lowest BCUT2D eigenvalue weighted by Gasteiger charge is -2.16. The summed E-state index contributed by atoms with van der Waals surface area (Å²) in [4.78, 5) is 0. The van der Waals surface area contributed by atoms with Crippen LogP contribution in [-0.2, 0) is 0 Å². The lowest BCUT2D eigenvalue weighted by molar-refractivity contribution is 0.351. The molecule has 0 aromatic heterocycles. The fraction of sp³-hybridized carbons (Fsp3) is 0.200. The van der Waals surface area contributed by atoms with Crippen LogP contribution in [0.3, 0.4) is 0 Å². The fourth-order valence-electron chi connectivity index (χ4n) is 1.91. The van der Waals surface area contributed by atoms with E-state index in [4.69, 9.17) is 21.1 Å². The van der Waals surface area contributed by atoms with Crippen LogP contribution < -0.4 is 9.47 Å². The maximum atomic E-state index is 14.2. The van der Waals surface area contributed by atoms with Gasteiger partial charge in [0.25, 0.3) is 0 Å². The van der Waals surface area contributed by atoms with E-state index in [-0.39, 0.29) is 0 Å². The van der Waals surface area contributed by atoms with Gasteiger partial charge in [0.2, 0.25) is 0 Å². The average molecular weight is 407 g/mol. The molecule has 0 fully saturated rings. The Hall–Kier alpha value is -1.01. The van der Waals surface area contributed by atoms with Gasteiger partial charge in [0.1, 0.15) is 5.82 Å². The molecule has 20 heavy (non-hydrogen) atoms. The van der Waals surface area contributed by atoms with Gasteiger partial charge in [0.05, 0.1) is 19.6 Å². The second-order valence-electron chi connectivity index (χ2n) is 4.11. The quantitative estimate of drug-likeness (QED) is 0.538. The zero-order valence-electron chi connectivity index (χ0n) is 11.0. The number of rotatable bonds is 4. The van der Waals surface area contributed by atoms with E-state index in [0.29, 0.717) is 17.1 Å². The van der Waals surface area contributed by atoms with Gasteiger partial charge in [-0.15, -0.1) is 11.6 Å². The predicted octanol–water partition coefficient (Wildman–Crippen LogP) is 4.78. The predicted molar refractivity (Wildman–Crippen MR) is 86.4 cm³/mol. The average Bonchev–Trinajstić information content (AvgIpc) is 2.46. The van der Waals surface area contributed by atoms with Gasteiger partial charge in [0, 0.05) is 15.2 Å². The highest BCUT2D eigenvalue weighted by molar-refractivity contribution is 14.1. The molecule has 0 saturated heterocycles. The van der Waals surface area contributed by atoms with Crippen LogP contribution >= 0.6 is 34.2 Å². The SMILES string of the molecule is COc1cc(F)c(C(Cl)c2ccccc2I)cc1OC. The monoisotopic (exact) mass is 406 g/mol. The van der Waals surface area contributed by atoms with Crippen molar-refractivity contribution in [2.24, 2.45) is 0 Å². The van der Waals surface area contributed by atoms with Crippen LogP contribution in [0.25, 0.3) is 0 Å². The van der Waals surface area contributed by atoms with Crippen molar-refractivity contribution >= 4 is 34.2 Å². The van der Waals surface area contributed by atoms with Crippen LogP contribution in [0.15, 0.2) is 36.4 Å². The van der Waals surface area contributed by atoms with E-state index in [9.17, 15) is 4.39 Å². The van der Waals surface area contributed by atoms with Gasteiger partial charge in [-0.3, -0.25) is 0 Å². The molecule has 0 heterocycles. The van der Waals surface area contributed by atoms with Crippen molar-refractivity contribution in [2.45, 2.75) is 5.38 Å². The molecule has 2 rings (SSSR count). The van der Waals surface area contributed by atoms with Crippen molar-refractivity contribution < 1.29 is 13.9 Å². The molecular formula is C15H13ClFIO2. The molecule has 2 aromatic carbocycles. The molecule has 0 saturated carbocycles. The molecule has 0 radical (unpaired) electrons. The molecule has 2 nitrogen and oxygen atoms in total. The Morgan fingerprint density at radius 3 is 2.25 bits per heavy atom. The Bertz CT molecular complexity index is 619. The zero-order chi connectivity index (χ0) is 14.7. The number of benzene rings is 2. The standard InChI is InChI=1S/C15H13ClFIO2/c1-19-13-7-10(11(17)8-14(13)20-2)15(16)9-5-3-4-6-12(9)18/h3-8,15H,1-2H3. The van der Waals surface area contributed by atoms with Crippen molar-refractivity contribution in [2.75, 3.05) is 14.2 Å². The number of hydrogen-bond donors (Lipinski definition) is 0. The molecule has 1 atom stereocenters. The van der Waals surface area contributed by atoms with Crippen LogP contribution in [-0.4, -0.2) is 14.2 Å². The molecule has 0 spiro atoms. The first-order valence-electron chi connectivity index (χ1n) is 5.88. The molecule has 0 N–H and O–H groups in total. The Kier molecular flexibility index (Phi) is 5.10. The van der Waals surface area contributed by atoms with Crippen LogP contribution in [0.4, 0.5) is 4.39 Å². The van der Waals surface area contributed by atoms with Gasteiger partial charge in [-0.1, -0.05) is 18.2 Å². The summed E-state index contributed by atoms with van der Waals surface area (Å²) in [6.45, 7) is 0. The molecule has 0 bridgehead atoms. The van der Waals surface area contributed by atoms with Crippen molar-refractivity contribution in [1.82, 2.24) is 0 Å². The molecule has 0 amide bonds. The van der Waals surface area contributed by atoms with Gasteiger partial charge in [0.15, 0.2) is 11.5 Å². The highest BCUT2D eigenvalue weighted by Gasteiger charge is 2.20. The third-order valence-electron chi connectivity index (χ3n) is 2.95. The van der Waals surface area contributed by atoms with E-state index in [1.54, 1.807) is 6.07 Å². The lowest BCUT2D eigenvalue weighted by atomic mass is 10.0.